The van der Waals surface area contributed by atoms with Crippen molar-refractivity contribution < 1.29 is 19.1 Å². The minimum atomic E-state index is -0.733. The van der Waals surface area contributed by atoms with Crippen molar-refractivity contribution >= 4 is 40.5 Å². The van der Waals surface area contributed by atoms with Crippen molar-refractivity contribution in [2.75, 3.05) is 18.9 Å². The number of nitrogens with one attached hydrogen (secondary N) is 2. The molecular weight excluding hydrogens is 470 g/mol. The smallest absolute Gasteiger partial charge is 0.350 e. The van der Waals surface area contributed by atoms with Crippen LogP contribution in [0.4, 0.5) is 5.13 Å². The quantitative estimate of drug-likeness (QED) is 0.502. The molecule has 0 spiro atoms. The van der Waals surface area contributed by atoms with Crippen molar-refractivity contribution in [3.05, 3.63) is 40.2 Å². The highest BCUT2D eigenvalue weighted by atomic mass is 32.1. The molecule has 0 saturated heterocycles. The number of pyridine rings is 1. The number of esters is 1. The molecule has 3 heterocycles. The first kappa shape index (κ1) is 25.8. The van der Waals surface area contributed by atoms with Gasteiger partial charge in [0.1, 0.15) is 10.6 Å². The molecule has 1 aliphatic heterocycles. The van der Waals surface area contributed by atoms with Gasteiger partial charge in [-0.05, 0) is 32.9 Å². The third-order valence-corrected chi connectivity index (χ3v) is 6.02. The largest absolute Gasteiger partial charge is 0.459 e. The summed E-state index contributed by atoms with van der Waals surface area (Å²) in [6, 6.07) is 6.40. The minimum Gasteiger partial charge on any atom is -0.459 e. The summed E-state index contributed by atoms with van der Waals surface area (Å²) in [4.78, 5) is 46.5. The Morgan fingerprint density at radius 2 is 2.09 bits per heavy atom. The fourth-order valence-corrected chi connectivity index (χ4v) is 4.24. The highest BCUT2D eigenvalue weighted by Crippen LogP contribution is 2.24. The molecule has 0 radical (unpaired) electrons. The first-order valence-corrected chi connectivity index (χ1v) is 11.9. The van der Waals surface area contributed by atoms with Gasteiger partial charge in [0.25, 0.3) is 5.91 Å². The number of ether oxygens (including phenoxy) is 1. The van der Waals surface area contributed by atoms with Crippen LogP contribution in [-0.2, 0) is 9.53 Å². The summed E-state index contributed by atoms with van der Waals surface area (Å²) in [5.41, 5.74) is 1.35. The van der Waals surface area contributed by atoms with Crippen LogP contribution < -0.4 is 10.6 Å². The number of carbonyl (C=O) groups is 3. The Morgan fingerprint density at radius 3 is 2.74 bits per heavy atom. The van der Waals surface area contributed by atoms with Gasteiger partial charge in [-0.2, -0.15) is 10.4 Å². The molecule has 35 heavy (non-hydrogen) atoms. The van der Waals surface area contributed by atoms with Crippen LogP contribution in [0, 0.1) is 18.3 Å². The molecular formula is C23H27N7O4S. The molecule has 2 aromatic heterocycles. The SMILES string of the molecule is Cc1nc(NC(=O)C[C@@H](CC#N)NC(=O)c2cccc(C3C=NN(C)C3)n2)sc1C(=O)OC(C)C. The van der Waals surface area contributed by atoms with E-state index >= 15 is 0 Å². The average Bonchev–Trinajstić information content (AvgIpc) is 3.38. The number of nitriles is 1. The van der Waals surface area contributed by atoms with Crippen molar-refractivity contribution in [1.29, 1.82) is 5.26 Å². The maximum absolute atomic E-state index is 12.8. The molecule has 2 atom stereocenters. The molecule has 2 N–H and O–H groups in total. The maximum Gasteiger partial charge on any atom is 0.350 e. The van der Waals surface area contributed by atoms with Gasteiger partial charge >= 0.3 is 5.97 Å². The van der Waals surface area contributed by atoms with E-state index in [-0.39, 0.29) is 35.7 Å². The van der Waals surface area contributed by atoms with Crippen LogP contribution >= 0.6 is 11.3 Å². The third kappa shape index (κ3) is 7.07. The second-order valence-corrected chi connectivity index (χ2v) is 9.33. The lowest BCUT2D eigenvalue weighted by molar-refractivity contribution is -0.116. The van der Waals surface area contributed by atoms with Crippen molar-refractivity contribution in [3.63, 3.8) is 0 Å². The van der Waals surface area contributed by atoms with Crippen LogP contribution in [0.3, 0.4) is 0 Å². The molecule has 0 aliphatic carbocycles. The number of carbonyl (C=O) groups excluding carboxylic acids is 3. The van der Waals surface area contributed by atoms with Gasteiger partial charge < -0.3 is 15.4 Å². The molecule has 0 aromatic carbocycles. The zero-order valence-corrected chi connectivity index (χ0v) is 20.8. The van der Waals surface area contributed by atoms with Crippen molar-refractivity contribution in [3.8, 4) is 6.07 Å². The zero-order chi connectivity index (χ0) is 25.5. The first-order chi connectivity index (χ1) is 16.7. The molecule has 0 fully saturated rings. The Labute approximate surface area is 207 Å². The van der Waals surface area contributed by atoms with E-state index < -0.39 is 23.8 Å². The van der Waals surface area contributed by atoms with Gasteiger partial charge in [-0.15, -0.1) is 0 Å². The minimum absolute atomic E-state index is 0.0158. The lowest BCUT2D eigenvalue weighted by Crippen LogP contribution is -2.38. The van der Waals surface area contributed by atoms with E-state index in [4.69, 9.17) is 4.74 Å². The number of anilines is 1. The molecule has 0 bridgehead atoms. The summed E-state index contributed by atoms with van der Waals surface area (Å²) >= 11 is 1.01. The molecule has 1 aliphatic rings. The molecule has 2 aromatic rings. The first-order valence-electron chi connectivity index (χ1n) is 11.0. The van der Waals surface area contributed by atoms with Gasteiger partial charge in [0.2, 0.25) is 5.91 Å². The highest BCUT2D eigenvalue weighted by Gasteiger charge is 2.23. The lowest BCUT2D eigenvalue weighted by Gasteiger charge is -2.16. The molecule has 184 valence electrons. The van der Waals surface area contributed by atoms with E-state index in [1.54, 1.807) is 44.1 Å². The van der Waals surface area contributed by atoms with E-state index in [1.165, 1.54) is 0 Å². The number of amides is 2. The Bertz CT molecular complexity index is 1170. The molecule has 12 heteroatoms. The summed E-state index contributed by atoms with van der Waals surface area (Å²) in [6.07, 6.45) is 1.28. The highest BCUT2D eigenvalue weighted by molar-refractivity contribution is 7.17. The van der Waals surface area contributed by atoms with E-state index in [1.807, 2.05) is 19.2 Å². The number of thiazole rings is 1. The van der Waals surface area contributed by atoms with E-state index in [2.05, 4.69) is 25.7 Å². The van der Waals surface area contributed by atoms with E-state index in [0.29, 0.717) is 22.8 Å². The van der Waals surface area contributed by atoms with Crippen LogP contribution in [0.5, 0.6) is 0 Å². The summed E-state index contributed by atoms with van der Waals surface area (Å²) in [5.74, 6) is -1.45. The second kappa shape index (κ2) is 11.5. The summed E-state index contributed by atoms with van der Waals surface area (Å²) in [5, 5.41) is 20.7. The van der Waals surface area contributed by atoms with Gasteiger partial charge in [0, 0.05) is 26.2 Å². The summed E-state index contributed by atoms with van der Waals surface area (Å²) in [7, 11) is 1.86. The normalized spacial score (nSPS) is 15.5. The number of aromatic nitrogens is 2. The predicted molar refractivity (Wildman–Crippen MR) is 130 cm³/mol. The monoisotopic (exact) mass is 497 g/mol. The molecule has 0 saturated carbocycles. The Kier molecular flexibility index (Phi) is 8.48. The lowest BCUT2D eigenvalue weighted by atomic mass is 10.1. The molecule has 11 nitrogen and oxygen atoms in total. The topological polar surface area (TPSA) is 150 Å². The Balaban J connectivity index is 1.62. The average molecular weight is 498 g/mol. The number of rotatable bonds is 9. The number of nitrogens with zero attached hydrogens (tertiary/aromatic N) is 5. The van der Waals surface area contributed by atoms with Crippen LogP contribution in [-0.4, -0.2) is 64.7 Å². The molecule has 2 amide bonds. The van der Waals surface area contributed by atoms with Crippen LogP contribution in [0.2, 0.25) is 0 Å². The number of hydrogen-bond donors (Lipinski definition) is 2. The van der Waals surface area contributed by atoms with Crippen LogP contribution in [0.25, 0.3) is 0 Å². The fraction of sp³-hybridized carbons (Fsp3) is 0.435. The second-order valence-electron chi connectivity index (χ2n) is 8.33. The molecule has 1 unspecified atom stereocenters. The predicted octanol–water partition coefficient (Wildman–Crippen LogP) is 2.47. The van der Waals surface area contributed by atoms with Gasteiger partial charge in [-0.1, -0.05) is 17.4 Å². The van der Waals surface area contributed by atoms with E-state index in [9.17, 15) is 19.6 Å². The third-order valence-electron chi connectivity index (χ3n) is 4.96. The number of hydrogen-bond acceptors (Lipinski definition) is 10. The van der Waals surface area contributed by atoms with Crippen molar-refractivity contribution in [2.45, 2.75) is 51.7 Å². The van der Waals surface area contributed by atoms with Gasteiger partial charge in [0.05, 0.1) is 41.9 Å². The van der Waals surface area contributed by atoms with E-state index in [0.717, 1.165) is 11.3 Å². The van der Waals surface area contributed by atoms with Crippen LogP contribution in [0.15, 0.2) is 23.3 Å². The molecule has 3 rings (SSSR count). The number of likely N-dealkylation sites (N-methyl/N-ethyl adjacent to an activating group) is 1. The summed E-state index contributed by atoms with van der Waals surface area (Å²) < 4.78 is 5.18. The van der Waals surface area contributed by atoms with Gasteiger partial charge in [0.15, 0.2) is 5.13 Å². The zero-order valence-electron chi connectivity index (χ0n) is 19.9. The maximum atomic E-state index is 12.8. The number of aryl methyl sites for hydroxylation is 1. The standard InChI is InChI=1S/C23H27N7O4S/c1-13(2)34-22(33)20-14(3)26-23(35-20)29-19(31)10-16(8-9-24)27-21(32)18-7-5-6-17(28-18)15-11-25-30(4)12-15/h5-7,11,13,15-16H,8,10,12H2,1-4H3,(H,27,32)(H,26,29,31)/t15?,16-/m1/s1. The van der Waals surface area contributed by atoms with Gasteiger partial charge in [-0.3, -0.25) is 14.6 Å². The summed E-state index contributed by atoms with van der Waals surface area (Å²) in [6.45, 7) is 5.81. The Hall–Kier alpha value is -3.85. The van der Waals surface area contributed by atoms with Crippen LogP contribution in [0.1, 0.15) is 64.2 Å². The van der Waals surface area contributed by atoms with Crippen molar-refractivity contribution in [2.24, 2.45) is 5.10 Å². The van der Waals surface area contributed by atoms with Crippen molar-refractivity contribution in [1.82, 2.24) is 20.3 Å². The van der Waals surface area contributed by atoms with Gasteiger partial charge in [-0.25, -0.2) is 14.8 Å². The number of hydrazone groups is 1. The Morgan fingerprint density at radius 1 is 1.31 bits per heavy atom. The fourth-order valence-electron chi connectivity index (χ4n) is 3.37.